The molecule has 1 aromatic rings. The molecule has 0 saturated carbocycles. The molecule has 0 bridgehead atoms. The van der Waals surface area contributed by atoms with Crippen LogP contribution in [0.15, 0.2) is 17.1 Å². The van der Waals surface area contributed by atoms with Crippen molar-refractivity contribution in [2.24, 2.45) is 10.9 Å². The van der Waals surface area contributed by atoms with E-state index < -0.39 is 10.0 Å². The van der Waals surface area contributed by atoms with Crippen LogP contribution in [0.4, 0.5) is 5.69 Å². The van der Waals surface area contributed by atoms with E-state index in [0.29, 0.717) is 36.3 Å². The molecule has 0 fully saturated rings. The van der Waals surface area contributed by atoms with E-state index in [1.165, 1.54) is 0 Å². The van der Waals surface area contributed by atoms with Crippen LogP contribution in [0.3, 0.4) is 0 Å². The number of anilines is 1. The monoisotopic (exact) mass is 367 g/mol. The fraction of sp³-hybridized carbons (Fsp3) is 0.588. The van der Waals surface area contributed by atoms with Gasteiger partial charge in [-0.05, 0) is 18.1 Å². The molecular weight excluding hydrogens is 342 g/mol. The number of sulfonamides is 1. The lowest BCUT2D eigenvalue weighted by Gasteiger charge is -2.33. The Kier molecular flexibility index (Phi) is 5.08. The summed E-state index contributed by atoms with van der Waals surface area (Å²) in [6.45, 7) is 6.76. The van der Waals surface area contributed by atoms with Crippen LogP contribution < -0.4 is 14.2 Å². The molecule has 0 saturated heterocycles. The quantitative estimate of drug-likeness (QED) is 0.834. The van der Waals surface area contributed by atoms with E-state index in [0.717, 1.165) is 31.3 Å². The fourth-order valence-electron chi connectivity index (χ4n) is 3.06. The van der Waals surface area contributed by atoms with E-state index >= 15 is 0 Å². The van der Waals surface area contributed by atoms with Crippen LogP contribution in [0, 0.1) is 5.92 Å². The molecule has 0 aromatic heterocycles. The second-order valence-electron chi connectivity index (χ2n) is 6.85. The summed E-state index contributed by atoms with van der Waals surface area (Å²) in [5.74, 6) is 1.38. The Labute approximate surface area is 149 Å². The molecule has 8 heteroatoms. The lowest BCUT2D eigenvalue weighted by Crippen LogP contribution is -2.31. The lowest BCUT2D eigenvalue weighted by molar-refractivity contribution is 0.209. The Bertz CT molecular complexity index is 761. The number of ether oxygens (including phenoxy) is 2. The summed E-state index contributed by atoms with van der Waals surface area (Å²) in [4.78, 5) is 6.47. The highest BCUT2D eigenvalue weighted by molar-refractivity contribution is 7.92. The van der Waals surface area contributed by atoms with Crippen molar-refractivity contribution < 1.29 is 17.9 Å². The first-order valence-corrected chi connectivity index (χ1v) is 10.4. The van der Waals surface area contributed by atoms with Crippen molar-refractivity contribution in [3.63, 3.8) is 0 Å². The average Bonchev–Trinajstić information content (AvgIpc) is 3.06. The second kappa shape index (κ2) is 7.11. The minimum absolute atomic E-state index is 0.134. The Morgan fingerprint density at radius 3 is 2.88 bits per heavy atom. The Balaban J connectivity index is 2.01. The molecule has 2 aliphatic heterocycles. The van der Waals surface area contributed by atoms with Gasteiger partial charge in [-0.1, -0.05) is 13.8 Å². The van der Waals surface area contributed by atoms with Crippen molar-refractivity contribution in [1.29, 1.82) is 0 Å². The van der Waals surface area contributed by atoms with Gasteiger partial charge in [-0.3, -0.25) is 9.71 Å². The van der Waals surface area contributed by atoms with E-state index in [1.807, 2.05) is 32.3 Å². The van der Waals surface area contributed by atoms with Gasteiger partial charge in [0.2, 0.25) is 10.0 Å². The lowest BCUT2D eigenvalue weighted by atomic mass is 9.98. The molecule has 2 heterocycles. The van der Waals surface area contributed by atoms with Crippen molar-refractivity contribution in [1.82, 2.24) is 4.90 Å². The van der Waals surface area contributed by atoms with E-state index in [9.17, 15) is 8.42 Å². The summed E-state index contributed by atoms with van der Waals surface area (Å²) >= 11 is 0. The van der Waals surface area contributed by atoms with Crippen molar-refractivity contribution in [3.8, 4) is 11.5 Å². The highest BCUT2D eigenvalue weighted by Crippen LogP contribution is 2.45. The van der Waals surface area contributed by atoms with Gasteiger partial charge in [-0.15, -0.1) is 0 Å². The van der Waals surface area contributed by atoms with Gasteiger partial charge < -0.3 is 14.4 Å². The summed E-state index contributed by atoms with van der Waals surface area (Å²) in [5.41, 5.74) is 1.35. The van der Waals surface area contributed by atoms with E-state index in [2.05, 4.69) is 14.6 Å². The number of nitrogens with one attached hydrogen (secondary N) is 1. The van der Waals surface area contributed by atoms with Gasteiger partial charge in [0, 0.05) is 18.5 Å². The molecular formula is C17H25N3O4S. The van der Waals surface area contributed by atoms with Gasteiger partial charge in [-0.25, -0.2) is 8.42 Å². The number of nitrogens with zero attached hydrogens (tertiary/aromatic N) is 2. The summed E-state index contributed by atoms with van der Waals surface area (Å²) in [6, 6.07) is 3.92. The summed E-state index contributed by atoms with van der Waals surface area (Å²) in [6.07, 6.45) is 3.84. The first-order valence-electron chi connectivity index (χ1n) is 8.51. The molecule has 3 rings (SSSR count). The third-order valence-electron chi connectivity index (χ3n) is 4.12. The molecule has 25 heavy (non-hydrogen) atoms. The molecule has 138 valence electrons. The maximum atomic E-state index is 11.9. The highest BCUT2D eigenvalue weighted by Gasteiger charge is 2.31. The molecule has 1 atom stereocenters. The summed E-state index contributed by atoms with van der Waals surface area (Å²) < 4.78 is 38.0. The third-order valence-corrected chi connectivity index (χ3v) is 4.70. The maximum Gasteiger partial charge on any atom is 0.230 e. The predicted octanol–water partition coefficient (Wildman–Crippen LogP) is 2.26. The van der Waals surface area contributed by atoms with Gasteiger partial charge >= 0.3 is 0 Å². The summed E-state index contributed by atoms with van der Waals surface area (Å²) in [5, 5.41) is 0. The summed E-state index contributed by atoms with van der Waals surface area (Å²) in [7, 11) is -3.46. The molecule has 0 spiro atoms. The van der Waals surface area contributed by atoms with Crippen LogP contribution in [0.25, 0.3) is 0 Å². The van der Waals surface area contributed by atoms with Crippen LogP contribution >= 0.6 is 0 Å². The van der Waals surface area contributed by atoms with E-state index in [-0.39, 0.29) is 6.04 Å². The zero-order valence-corrected chi connectivity index (χ0v) is 15.7. The van der Waals surface area contributed by atoms with Crippen LogP contribution in [0.1, 0.15) is 31.9 Å². The first kappa shape index (κ1) is 17.8. The molecule has 7 nitrogen and oxygen atoms in total. The van der Waals surface area contributed by atoms with Crippen molar-refractivity contribution >= 4 is 22.0 Å². The molecule has 0 radical (unpaired) electrons. The normalized spacial score (nSPS) is 19.7. The number of hydrogen-bond acceptors (Lipinski definition) is 6. The maximum absolute atomic E-state index is 11.9. The Morgan fingerprint density at radius 1 is 1.44 bits per heavy atom. The molecule has 0 aliphatic carbocycles. The molecule has 0 amide bonds. The molecule has 1 aromatic carbocycles. The van der Waals surface area contributed by atoms with Gasteiger partial charge in [-0.2, -0.15) is 0 Å². The first-order chi connectivity index (χ1) is 11.8. The van der Waals surface area contributed by atoms with Gasteiger partial charge in [0.15, 0.2) is 5.75 Å². The zero-order valence-electron chi connectivity index (χ0n) is 14.9. The van der Waals surface area contributed by atoms with Gasteiger partial charge in [0.05, 0.1) is 38.4 Å². The zero-order chi connectivity index (χ0) is 18.0. The average molecular weight is 367 g/mol. The number of rotatable bonds is 6. The predicted molar refractivity (Wildman–Crippen MR) is 98.2 cm³/mol. The van der Waals surface area contributed by atoms with Crippen LogP contribution in [0.2, 0.25) is 0 Å². The fourth-order valence-corrected chi connectivity index (χ4v) is 3.62. The van der Waals surface area contributed by atoms with Crippen molar-refractivity contribution in [3.05, 3.63) is 17.7 Å². The highest BCUT2D eigenvalue weighted by atomic mass is 32.2. The topological polar surface area (TPSA) is 80.2 Å². The largest absolute Gasteiger partial charge is 0.491 e. The Hall–Kier alpha value is -1.96. The van der Waals surface area contributed by atoms with Crippen LogP contribution in [-0.2, 0) is 10.0 Å². The van der Waals surface area contributed by atoms with E-state index in [4.69, 9.17) is 9.47 Å². The standard InChI is InChI=1S/C17H25N3O4S/c1-12(2)10-24-15-5-4-13-14(20-8-7-18-11-20)6-9-23-17(13)16(15)19-25(3,21)22/h4-5,11-12,14,19H,6-10H2,1-3H3. The van der Waals surface area contributed by atoms with Crippen molar-refractivity contribution in [2.45, 2.75) is 26.3 Å². The molecule has 2 aliphatic rings. The third kappa shape index (κ3) is 4.18. The molecule has 1 unspecified atom stereocenters. The van der Waals surface area contributed by atoms with Crippen LogP contribution in [-0.4, -0.2) is 52.2 Å². The minimum Gasteiger partial charge on any atom is -0.491 e. The van der Waals surface area contributed by atoms with Crippen molar-refractivity contribution in [2.75, 3.05) is 37.3 Å². The van der Waals surface area contributed by atoms with Crippen LogP contribution in [0.5, 0.6) is 11.5 Å². The minimum atomic E-state index is -3.46. The smallest absolute Gasteiger partial charge is 0.230 e. The molecule has 1 N–H and O–H groups in total. The number of fused-ring (bicyclic) bond motifs is 1. The number of benzene rings is 1. The number of hydrogen-bond donors (Lipinski definition) is 1. The van der Waals surface area contributed by atoms with Gasteiger partial charge in [0.25, 0.3) is 0 Å². The number of aliphatic imine (C=N–C) groups is 1. The second-order valence-corrected chi connectivity index (χ2v) is 8.60. The van der Waals surface area contributed by atoms with E-state index in [1.54, 1.807) is 0 Å². The Morgan fingerprint density at radius 2 is 2.24 bits per heavy atom. The van der Waals surface area contributed by atoms with Gasteiger partial charge in [0.1, 0.15) is 11.4 Å². The SMILES string of the molecule is CC(C)COc1ccc2c(c1NS(C)(=O)=O)OCCC2N1C=NCC1.